The first-order valence-corrected chi connectivity index (χ1v) is 10.8. The van der Waals surface area contributed by atoms with Crippen LogP contribution in [0.4, 0.5) is 5.69 Å². The highest BCUT2D eigenvalue weighted by Gasteiger charge is 2.48. The largest absolute Gasteiger partial charge is 0.325 e. The maximum Gasteiger partial charge on any atom is 0.245 e. The molecule has 1 aliphatic rings. The molecule has 1 aromatic carbocycles. The van der Waals surface area contributed by atoms with Gasteiger partial charge in [0, 0.05) is 22.9 Å². The Morgan fingerprint density at radius 1 is 1.32 bits per heavy atom. The number of nitrogens with zero attached hydrogens (tertiary/aromatic N) is 1. The number of carbonyl (C=O) groups is 1. The third-order valence-electron chi connectivity index (χ3n) is 4.57. The number of piperidine rings is 1. The van der Waals surface area contributed by atoms with E-state index in [1.165, 1.54) is 0 Å². The van der Waals surface area contributed by atoms with Gasteiger partial charge in [0.05, 0.1) is 10.7 Å². The molecule has 1 saturated heterocycles. The van der Waals surface area contributed by atoms with Crippen molar-refractivity contribution in [2.45, 2.75) is 24.5 Å². The van der Waals surface area contributed by atoms with E-state index in [1.807, 2.05) is 30.5 Å². The molecule has 134 valence electrons. The molecule has 0 aliphatic carbocycles. The molecule has 1 aliphatic heterocycles. The van der Waals surface area contributed by atoms with Crippen LogP contribution < -0.4 is 10.6 Å². The van der Waals surface area contributed by atoms with Gasteiger partial charge in [-0.05, 0) is 45.0 Å². The summed E-state index contributed by atoms with van der Waals surface area (Å²) < 4.78 is 23.3. The highest BCUT2D eigenvalue weighted by Crippen LogP contribution is 2.30. The maximum atomic E-state index is 12.9. The fourth-order valence-corrected chi connectivity index (χ4v) is 5.05. The molecule has 8 heteroatoms. The van der Waals surface area contributed by atoms with Gasteiger partial charge in [-0.15, -0.1) is 11.3 Å². The summed E-state index contributed by atoms with van der Waals surface area (Å²) in [5, 5.41) is 8.84. The number of aryl methyl sites for hydroxylation is 1. The first-order chi connectivity index (χ1) is 11.8. The quantitative estimate of drug-likeness (QED) is 0.850. The van der Waals surface area contributed by atoms with Crippen LogP contribution in [0.2, 0.25) is 0 Å². The molecule has 0 bridgehead atoms. The van der Waals surface area contributed by atoms with E-state index in [4.69, 9.17) is 0 Å². The second-order valence-corrected chi connectivity index (χ2v) is 9.69. The molecule has 25 heavy (non-hydrogen) atoms. The lowest BCUT2D eigenvalue weighted by Gasteiger charge is -2.34. The number of sulfone groups is 1. The first-order valence-electron chi connectivity index (χ1n) is 8.06. The number of carbonyl (C=O) groups excluding carboxylic acids is 1. The zero-order chi connectivity index (χ0) is 18.1. The van der Waals surface area contributed by atoms with Crippen LogP contribution >= 0.6 is 11.3 Å². The number of nitrogens with one attached hydrogen (secondary N) is 2. The Morgan fingerprint density at radius 3 is 2.64 bits per heavy atom. The minimum Gasteiger partial charge on any atom is -0.325 e. The number of amides is 1. The molecule has 0 saturated carbocycles. The molecule has 6 nitrogen and oxygen atoms in total. The number of hydrogen-bond acceptors (Lipinski definition) is 6. The average Bonchev–Trinajstić information content (AvgIpc) is 3.01. The van der Waals surface area contributed by atoms with Crippen LogP contribution in [0.5, 0.6) is 0 Å². The van der Waals surface area contributed by atoms with Gasteiger partial charge in [0.15, 0.2) is 14.6 Å². The van der Waals surface area contributed by atoms with E-state index >= 15 is 0 Å². The molecule has 1 fully saturated rings. The van der Waals surface area contributed by atoms with Crippen LogP contribution in [0.25, 0.3) is 11.3 Å². The number of thiazole rings is 1. The van der Waals surface area contributed by atoms with Crippen molar-refractivity contribution in [3.8, 4) is 11.3 Å². The predicted octanol–water partition coefficient (Wildman–Crippen LogP) is 2.22. The van der Waals surface area contributed by atoms with E-state index < -0.39 is 20.5 Å². The number of anilines is 1. The summed E-state index contributed by atoms with van der Waals surface area (Å²) in [7, 11) is -3.53. The van der Waals surface area contributed by atoms with Crippen molar-refractivity contribution < 1.29 is 13.2 Å². The molecule has 2 heterocycles. The van der Waals surface area contributed by atoms with Crippen LogP contribution in [-0.4, -0.2) is 43.4 Å². The van der Waals surface area contributed by atoms with Crippen LogP contribution in [0.15, 0.2) is 29.6 Å². The van der Waals surface area contributed by atoms with Crippen molar-refractivity contribution >= 4 is 32.8 Å². The Balaban J connectivity index is 1.87. The van der Waals surface area contributed by atoms with E-state index in [2.05, 4.69) is 15.6 Å². The van der Waals surface area contributed by atoms with E-state index in [0.29, 0.717) is 18.8 Å². The number of hydrogen-bond donors (Lipinski definition) is 2. The fourth-order valence-electron chi connectivity index (χ4n) is 3.09. The third-order valence-corrected chi connectivity index (χ3v) is 7.36. The summed E-state index contributed by atoms with van der Waals surface area (Å²) in [5.74, 6) is -0.455. The van der Waals surface area contributed by atoms with E-state index in [1.54, 1.807) is 17.4 Å². The van der Waals surface area contributed by atoms with Crippen molar-refractivity contribution in [2.24, 2.45) is 0 Å². The van der Waals surface area contributed by atoms with Gasteiger partial charge in [-0.25, -0.2) is 13.4 Å². The van der Waals surface area contributed by atoms with Crippen molar-refractivity contribution in [3.63, 3.8) is 0 Å². The third kappa shape index (κ3) is 3.61. The number of benzene rings is 1. The fraction of sp³-hybridized carbons (Fsp3) is 0.412. The normalized spacial score (nSPS) is 17.2. The van der Waals surface area contributed by atoms with Crippen LogP contribution in [0.1, 0.15) is 17.8 Å². The Hall–Kier alpha value is -1.77. The summed E-state index contributed by atoms with van der Waals surface area (Å²) >= 11 is 1.56. The monoisotopic (exact) mass is 379 g/mol. The van der Waals surface area contributed by atoms with Gasteiger partial charge >= 0.3 is 0 Å². The van der Waals surface area contributed by atoms with Gasteiger partial charge in [0.1, 0.15) is 0 Å². The Labute approximate surface area is 151 Å². The van der Waals surface area contributed by atoms with Gasteiger partial charge in [-0.2, -0.15) is 0 Å². The van der Waals surface area contributed by atoms with Crippen LogP contribution in [-0.2, 0) is 14.6 Å². The second-order valence-electron chi connectivity index (χ2n) is 6.30. The molecule has 1 amide bonds. The minimum absolute atomic E-state index is 0.280. The minimum atomic E-state index is -3.53. The van der Waals surface area contributed by atoms with Crippen LogP contribution in [0.3, 0.4) is 0 Å². The molecule has 0 atom stereocenters. The maximum absolute atomic E-state index is 12.9. The standard InChI is InChI=1S/C17H21N3O3S2/c1-12-19-15(11-24-12)13-4-3-5-14(10-13)20-16(21)17(25(2,22)23)6-8-18-9-7-17/h3-5,10-11,18H,6-9H2,1-2H3,(H,20,21). The summed E-state index contributed by atoms with van der Waals surface area (Å²) in [5.41, 5.74) is 2.31. The van der Waals surface area contributed by atoms with E-state index in [0.717, 1.165) is 22.5 Å². The molecule has 2 aromatic rings. The highest BCUT2D eigenvalue weighted by atomic mass is 32.2. The summed E-state index contributed by atoms with van der Waals surface area (Å²) in [4.78, 5) is 17.3. The summed E-state index contributed by atoms with van der Waals surface area (Å²) in [6.45, 7) is 2.96. The van der Waals surface area contributed by atoms with E-state index in [9.17, 15) is 13.2 Å². The smallest absolute Gasteiger partial charge is 0.245 e. The van der Waals surface area contributed by atoms with Gasteiger partial charge < -0.3 is 10.6 Å². The molecule has 0 spiro atoms. The summed E-state index contributed by atoms with van der Waals surface area (Å²) in [6.07, 6.45) is 1.71. The highest BCUT2D eigenvalue weighted by molar-refractivity contribution is 7.92. The van der Waals surface area contributed by atoms with Gasteiger partial charge in [-0.3, -0.25) is 4.79 Å². The van der Waals surface area contributed by atoms with Gasteiger partial charge in [0.2, 0.25) is 5.91 Å². The number of aromatic nitrogens is 1. The Bertz CT molecular complexity index is 884. The molecule has 2 N–H and O–H groups in total. The Kier molecular flexibility index (Phi) is 4.95. The molecule has 3 rings (SSSR count). The zero-order valence-corrected chi connectivity index (χ0v) is 15.8. The van der Waals surface area contributed by atoms with Gasteiger partial charge in [0.25, 0.3) is 0 Å². The SMILES string of the molecule is Cc1nc(-c2cccc(NC(=O)C3(S(C)(=O)=O)CCNCC3)c2)cs1. The second kappa shape index (κ2) is 6.86. The van der Waals surface area contributed by atoms with E-state index in [-0.39, 0.29) is 12.8 Å². The molecule has 0 unspecified atom stereocenters. The average molecular weight is 380 g/mol. The number of rotatable bonds is 4. The zero-order valence-electron chi connectivity index (χ0n) is 14.2. The molecule has 1 aromatic heterocycles. The summed E-state index contributed by atoms with van der Waals surface area (Å²) in [6, 6.07) is 7.33. The Morgan fingerprint density at radius 2 is 2.04 bits per heavy atom. The van der Waals surface area contributed by atoms with Crippen molar-refractivity contribution in [2.75, 3.05) is 24.7 Å². The predicted molar refractivity (Wildman–Crippen MR) is 101 cm³/mol. The van der Waals surface area contributed by atoms with Crippen molar-refractivity contribution in [1.29, 1.82) is 0 Å². The lowest BCUT2D eigenvalue weighted by atomic mass is 9.95. The van der Waals surface area contributed by atoms with Crippen molar-refractivity contribution in [3.05, 3.63) is 34.7 Å². The topological polar surface area (TPSA) is 88.2 Å². The molecular weight excluding hydrogens is 358 g/mol. The molecule has 0 radical (unpaired) electrons. The van der Waals surface area contributed by atoms with Crippen molar-refractivity contribution in [1.82, 2.24) is 10.3 Å². The molecular formula is C17H21N3O3S2. The van der Waals surface area contributed by atoms with Gasteiger partial charge in [-0.1, -0.05) is 12.1 Å². The lowest BCUT2D eigenvalue weighted by Crippen LogP contribution is -2.55. The first kappa shape index (κ1) is 18.0. The lowest BCUT2D eigenvalue weighted by molar-refractivity contribution is -0.119. The van der Waals surface area contributed by atoms with Crippen LogP contribution in [0, 0.1) is 6.92 Å².